The van der Waals surface area contributed by atoms with Gasteiger partial charge in [-0.3, -0.25) is 0 Å². The highest BCUT2D eigenvalue weighted by molar-refractivity contribution is 5.45. The van der Waals surface area contributed by atoms with E-state index in [0.717, 1.165) is 24.3 Å². The maximum Gasteiger partial charge on any atom is 0.417 e. The highest BCUT2D eigenvalue weighted by Gasteiger charge is 2.35. The first kappa shape index (κ1) is 24.9. The molecule has 2 aromatic carbocycles. The molecule has 32 heavy (non-hydrogen) atoms. The fourth-order valence-electron chi connectivity index (χ4n) is 2.79. The van der Waals surface area contributed by atoms with Gasteiger partial charge in [-0.05, 0) is 55.2 Å². The number of hydrogen-bond acceptors (Lipinski definition) is 4. The van der Waals surface area contributed by atoms with Crippen LogP contribution in [0, 0.1) is 28.6 Å². The van der Waals surface area contributed by atoms with Crippen molar-refractivity contribution in [1.82, 2.24) is 0 Å². The van der Waals surface area contributed by atoms with Crippen LogP contribution in [0.15, 0.2) is 36.4 Å². The zero-order valence-electron chi connectivity index (χ0n) is 16.8. The Labute approximate surface area is 180 Å². The van der Waals surface area contributed by atoms with Gasteiger partial charge >= 0.3 is 12.4 Å². The summed E-state index contributed by atoms with van der Waals surface area (Å²) in [5.74, 6) is -0.0231. The molecule has 2 rings (SSSR count). The van der Waals surface area contributed by atoms with Crippen molar-refractivity contribution in [3.8, 4) is 23.6 Å². The number of nitrogens with zero attached hydrogens (tertiary/aromatic N) is 2. The van der Waals surface area contributed by atoms with E-state index in [1.54, 1.807) is 0 Å². The fourth-order valence-corrected chi connectivity index (χ4v) is 2.79. The minimum absolute atomic E-state index is 0.0101. The van der Waals surface area contributed by atoms with Gasteiger partial charge in [-0.25, -0.2) is 0 Å². The molecule has 0 atom stereocenters. The van der Waals surface area contributed by atoms with Gasteiger partial charge < -0.3 is 9.47 Å². The van der Waals surface area contributed by atoms with E-state index in [2.05, 4.69) is 0 Å². The largest absolute Gasteiger partial charge is 0.494 e. The molecular weight excluding hydrogens is 438 g/mol. The molecule has 0 N–H and O–H groups in total. The first-order valence-electron chi connectivity index (χ1n) is 9.44. The second-order valence-electron chi connectivity index (χ2n) is 7.01. The van der Waals surface area contributed by atoms with Crippen molar-refractivity contribution >= 4 is 0 Å². The number of halogens is 6. The van der Waals surface area contributed by atoms with E-state index >= 15 is 0 Å². The topological polar surface area (TPSA) is 66.0 Å². The maximum atomic E-state index is 13.0. The lowest BCUT2D eigenvalue weighted by Gasteiger charge is -2.15. The van der Waals surface area contributed by atoms with Crippen LogP contribution in [-0.2, 0) is 12.4 Å². The number of rotatable bonds is 8. The van der Waals surface area contributed by atoms with Crippen LogP contribution in [0.1, 0.15) is 42.0 Å². The van der Waals surface area contributed by atoms with E-state index in [1.807, 2.05) is 6.92 Å². The van der Waals surface area contributed by atoms with Crippen LogP contribution in [0.25, 0.3) is 0 Å². The summed E-state index contributed by atoms with van der Waals surface area (Å²) >= 11 is 0. The molecule has 0 radical (unpaired) electrons. The maximum absolute atomic E-state index is 13.0. The van der Waals surface area contributed by atoms with Gasteiger partial charge in [0.25, 0.3) is 0 Å². The quantitative estimate of drug-likeness (QED) is 0.435. The second-order valence-corrected chi connectivity index (χ2v) is 7.01. The summed E-state index contributed by atoms with van der Waals surface area (Å²) in [6, 6.07) is 9.18. The molecule has 4 nitrogen and oxygen atoms in total. The van der Waals surface area contributed by atoms with E-state index in [-0.39, 0.29) is 30.6 Å². The lowest BCUT2D eigenvalue weighted by Crippen LogP contribution is -2.11. The second kappa shape index (κ2) is 10.3. The van der Waals surface area contributed by atoms with Crippen molar-refractivity contribution in [1.29, 1.82) is 10.5 Å². The van der Waals surface area contributed by atoms with Gasteiger partial charge in [0, 0.05) is 0 Å². The van der Waals surface area contributed by atoms with Crippen LogP contribution >= 0.6 is 0 Å². The zero-order valence-corrected chi connectivity index (χ0v) is 16.8. The molecule has 0 saturated carbocycles. The average molecular weight is 456 g/mol. The third kappa shape index (κ3) is 6.81. The van der Waals surface area contributed by atoms with E-state index in [9.17, 15) is 26.3 Å². The lowest BCUT2D eigenvalue weighted by molar-refractivity contribution is -0.138. The van der Waals surface area contributed by atoms with Gasteiger partial charge in [-0.15, -0.1) is 0 Å². The first-order chi connectivity index (χ1) is 15.0. The molecule has 170 valence electrons. The summed E-state index contributed by atoms with van der Waals surface area (Å²) < 4.78 is 88.6. The smallest absolute Gasteiger partial charge is 0.417 e. The zero-order chi connectivity index (χ0) is 23.9. The molecule has 0 aliphatic rings. The SMILES string of the molecule is CC(CCOc1ccc(C#N)c(C(F)(F)F)c1)CCOc1ccc(C#N)c(C(F)(F)F)c1. The number of hydrogen-bond donors (Lipinski definition) is 0. The van der Waals surface area contributed by atoms with E-state index in [0.29, 0.717) is 12.8 Å². The van der Waals surface area contributed by atoms with E-state index < -0.39 is 34.6 Å². The highest BCUT2D eigenvalue weighted by Crippen LogP contribution is 2.35. The van der Waals surface area contributed by atoms with Crippen molar-refractivity contribution in [3.05, 3.63) is 58.7 Å². The summed E-state index contributed by atoms with van der Waals surface area (Å²) in [7, 11) is 0. The normalized spacial score (nSPS) is 11.7. The minimum Gasteiger partial charge on any atom is -0.494 e. The predicted molar refractivity (Wildman–Crippen MR) is 102 cm³/mol. The Hall–Kier alpha value is -3.40. The molecule has 0 bridgehead atoms. The molecule has 0 amide bonds. The van der Waals surface area contributed by atoms with Crippen molar-refractivity contribution in [2.75, 3.05) is 13.2 Å². The lowest BCUT2D eigenvalue weighted by atomic mass is 10.1. The fraction of sp³-hybridized carbons (Fsp3) is 0.364. The van der Waals surface area contributed by atoms with Gasteiger partial charge in [-0.2, -0.15) is 36.9 Å². The first-order valence-corrected chi connectivity index (χ1v) is 9.44. The van der Waals surface area contributed by atoms with Crippen LogP contribution < -0.4 is 9.47 Å². The van der Waals surface area contributed by atoms with Crippen LogP contribution in [0.4, 0.5) is 26.3 Å². The molecule has 0 aliphatic carbocycles. The van der Waals surface area contributed by atoms with Gasteiger partial charge in [0.15, 0.2) is 0 Å². The average Bonchev–Trinajstić information content (AvgIpc) is 2.72. The Morgan fingerprint density at radius 2 is 1.12 bits per heavy atom. The molecular formula is C22H18F6N2O2. The number of nitriles is 2. The molecule has 0 spiro atoms. The Balaban J connectivity index is 1.85. The highest BCUT2D eigenvalue weighted by atomic mass is 19.4. The molecule has 10 heteroatoms. The van der Waals surface area contributed by atoms with Crippen molar-refractivity contribution in [3.63, 3.8) is 0 Å². The third-order valence-corrected chi connectivity index (χ3v) is 4.59. The molecule has 2 aromatic rings. The third-order valence-electron chi connectivity index (χ3n) is 4.59. The standard InChI is InChI=1S/C22H18F6N2O2/c1-14(6-8-31-17-4-2-15(12-29)19(10-17)21(23,24)25)7-9-32-18-5-3-16(13-30)20(11-18)22(26,27)28/h2-5,10-11,14H,6-9H2,1H3. The van der Waals surface area contributed by atoms with E-state index in [1.165, 1.54) is 24.3 Å². The van der Waals surface area contributed by atoms with E-state index in [4.69, 9.17) is 20.0 Å². The summed E-state index contributed by atoms with van der Waals surface area (Å²) in [6.07, 6.45) is -8.42. The molecule has 0 aliphatic heterocycles. The van der Waals surface area contributed by atoms with Gasteiger partial charge in [0.1, 0.15) is 11.5 Å². The van der Waals surface area contributed by atoms with Crippen molar-refractivity contribution in [2.45, 2.75) is 32.1 Å². The number of ether oxygens (including phenoxy) is 2. The molecule has 0 saturated heterocycles. The van der Waals surface area contributed by atoms with Crippen LogP contribution in [0.2, 0.25) is 0 Å². The molecule has 0 aromatic heterocycles. The number of alkyl halides is 6. The summed E-state index contributed by atoms with van der Waals surface area (Å²) in [5, 5.41) is 17.6. The molecule has 0 unspecified atom stereocenters. The Morgan fingerprint density at radius 3 is 1.44 bits per heavy atom. The van der Waals surface area contributed by atoms with Crippen LogP contribution in [-0.4, -0.2) is 13.2 Å². The Kier molecular flexibility index (Phi) is 7.98. The number of benzene rings is 2. The predicted octanol–water partition coefficient (Wildman–Crippen LogP) is 6.34. The summed E-state index contributed by atoms with van der Waals surface area (Å²) in [6.45, 7) is 2.06. The van der Waals surface area contributed by atoms with Crippen molar-refractivity contribution < 1.29 is 35.8 Å². The Morgan fingerprint density at radius 1 is 0.750 bits per heavy atom. The van der Waals surface area contributed by atoms with Gasteiger partial charge in [0.2, 0.25) is 0 Å². The molecule has 0 fully saturated rings. The van der Waals surface area contributed by atoms with Crippen LogP contribution in [0.3, 0.4) is 0 Å². The van der Waals surface area contributed by atoms with Crippen molar-refractivity contribution in [2.24, 2.45) is 5.92 Å². The minimum atomic E-state index is -4.67. The molecule has 0 heterocycles. The summed E-state index contributed by atoms with van der Waals surface area (Å²) in [5.41, 5.74) is -3.13. The van der Waals surface area contributed by atoms with Gasteiger partial charge in [0.05, 0.1) is 47.6 Å². The van der Waals surface area contributed by atoms with Gasteiger partial charge in [-0.1, -0.05) is 6.92 Å². The van der Waals surface area contributed by atoms with Crippen LogP contribution in [0.5, 0.6) is 11.5 Å². The Bertz CT molecular complexity index is 938. The monoisotopic (exact) mass is 456 g/mol. The summed E-state index contributed by atoms with van der Waals surface area (Å²) in [4.78, 5) is 0.